The molecule has 0 aromatic heterocycles. The predicted octanol–water partition coefficient (Wildman–Crippen LogP) is 1.27. The Morgan fingerprint density at radius 1 is 0.680 bits per heavy atom. The number of aliphatic carboxylic acids is 3. The molecule has 3 atom stereocenters. The van der Waals surface area contributed by atoms with Crippen molar-refractivity contribution >= 4 is 110 Å². The third-order valence-electron chi connectivity index (χ3n) is 5.98. The number of aliphatic imine (C=N–C) groups is 3. The molecule has 296 valence electrons. The Bertz CT molecular complexity index is 1080. The number of amidine groups is 3. The van der Waals surface area contributed by atoms with Gasteiger partial charge < -0.3 is 37.8 Å². The molecule has 0 rings (SSSR count). The molecule has 3 unspecified atom stereocenters. The van der Waals surface area contributed by atoms with Gasteiger partial charge in [-0.1, -0.05) is 0 Å². The number of nitrogens with two attached hydrogens (primary N) is 3. The second-order valence-corrected chi connectivity index (χ2v) is 13.9. The maximum atomic E-state index is 14.0. The summed E-state index contributed by atoms with van der Waals surface area (Å²) in [5.74, 6) is -2.82. The molecule has 0 fully saturated rings. The summed E-state index contributed by atoms with van der Waals surface area (Å²) in [5.41, 5.74) is 16.5. The van der Waals surface area contributed by atoms with Gasteiger partial charge in [-0.15, -0.1) is 49.6 Å². The van der Waals surface area contributed by atoms with Gasteiger partial charge in [0.25, 0.3) is 0 Å². The minimum atomic E-state index is -4.02. The zero-order valence-corrected chi connectivity index (χ0v) is 33.3. The maximum Gasteiger partial charge on any atom is 0.327 e. The molecule has 0 radical (unpaired) electrons. The van der Waals surface area contributed by atoms with Crippen LogP contribution < -0.4 is 38.0 Å². The third-order valence-corrected chi connectivity index (χ3v) is 9.15. The SMILES string of the molecule is CC(N)=NCCCCC(NP(=O)(CNCC(=O)NC(CSCCN=C(C)N)C(=O)O)NC(CCCCN=C(C)N)C(=O)O)C(=O)O.Cl.Cl.Cl.Cl. The molecule has 0 saturated heterocycles. The molecule has 0 saturated carbocycles. The van der Waals surface area contributed by atoms with Crippen LogP contribution in [0.25, 0.3) is 0 Å². The fourth-order valence-corrected chi connectivity index (χ4v) is 6.80. The number of halogens is 4. The molecule has 0 aromatic rings. The fraction of sp³-hybridized carbons (Fsp3) is 0.731. The Labute approximate surface area is 322 Å². The number of carbonyl (C=O) groups excluding carboxylic acids is 1. The van der Waals surface area contributed by atoms with E-state index in [0.29, 0.717) is 68.6 Å². The number of carboxylic acids is 3. The van der Waals surface area contributed by atoms with E-state index in [1.807, 2.05) is 0 Å². The molecule has 0 bridgehead atoms. The van der Waals surface area contributed by atoms with E-state index in [1.54, 1.807) is 20.8 Å². The molecule has 0 spiro atoms. The molecule has 0 heterocycles. The highest BCUT2D eigenvalue weighted by Gasteiger charge is 2.33. The van der Waals surface area contributed by atoms with Crippen LogP contribution in [0.2, 0.25) is 0 Å². The Morgan fingerprint density at radius 2 is 1.08 bits per heavy atom. The van der Waals surface area contributed by atoms with Crippen LogP contribution in [0.3, 0.4) is 0 Å². The van der Waals surface area contributed by atoms with Gasteiger partial charge in [0.1, 0.15) is 18.1 Å². The number of hydrogen-bond donors (Lipinski definition) is 10. The largest absolute Gasteiger partial charge is 0.480 e. The second-order valence-electron chi connectivity index (χ2n) is 10.5. The van der Waals surface area contributed by atoms with Crippen LogP contribution in [-0.4, -0.2) is 119 Å². The lowest BCUT2D eigenvalue weighted by atomic mass is 10.1. The number of carboxylic acid groups (broad SMARTS) is 3. The Morgan fingerprint density at radius 3 is 1.46 bits per heavy atom. The number of carbonyl (C=O) groups is 4. The van der Waals surface area contributed by atoms with Gasteiger partial charge in [0.15, 0.2) is 0 Å². The van der Waals surface area contributed by atoms with Crippen LogP contribution in [0.15, 0.2) is 15.0 Å². The third kappa shape index (κ3) is 30.7. The first-order valence-electron chi connectivity index (χ1n) is 14.8. The zero-order chi connectivity index (χ0) is 35.1. The highest BCUT2D eigenvalue weighted by molar-refractivity contribution is 7.99. The van der Waals surface area contributed by atoms with Crippen LogP contribution in [0, 0.1) is 0 Å². The smallest absolute Gasteiger partial charge is 0.327 e. The Balaban J connectivity index is -0.00000169. The van der Waals surface area contributed by atoms with Crippen LogP contribution >= 0.6 is 68.8 Å². The van der Waals surface area contributed by atoms with Crippen molar-refractivity contribution in [2.24, 2.45) is 32.2 Å². The lowest BCUT2D eigenvalue weighted by Gasteiger charge is -2.28. The van der Waals surface area contributed by atoms with E-state index in [4.69, 9.17) is 17.2 Å². The van der Waals surface area contributed by atoms with Gasteiger partial charge in [0, 0.05) is 31.1 Å². The van der Waals surface area contributed by atoms with E-state index >= 15 is 0 Å². The summed E-state index contributed by atoms with van der Waals surface area (Å²) in [6.45, 7) is 5.57. The number of thioether (sulfide) groups is 1. The van der Waals surface area contributed by atoms with E-state index < -0.39 is 62.2 Å². The number of nitrogens with one attached hydrogen (secondary N) is 4. The Kier molecular flexibility index (Phi) is 37.6. The van der Waals surface area contributed by atoms with Crippen molar-refractivity contribution in [1.82, 2.24) is 20.8 Å². The van der Waals surface area contributed by atoms with E-state index in [1.165, 1.54) is 11.8 Å². The van der Waals surface area contributed by atoms with Crippen molar-refractivity contribution in [1.29, 1.82) is 0 Å². The van der Waals surface area contributed by atoms with Gasteiger partial charge in [0.05, 0.1) is 30.3 Å². The van der Waals surface area contributed by atoms with E-state index in [-0.39, 0.29) is 68.2 Å². The molecule has 0 aliphatic rings. The van der Waals surface area contributed by atoms with Crippen LogP contribution in [-0.2, 0) is 23.7 Å². The van der Waals surface area contributed by atoms with Gasteiger partial charge in [-0.05, 0) is 59.3 Å². The van der Waals surface area contributed by atoms with Gasteiger partial charge in [0.2, 0.25) is 13.4 Å². The predicted molar refractivity (Wildman–Crippen MR) is 210 cm³/mol. The number of hydrogen-bond acceptors (Lipinski definition) is 10. The van der Waals surface area contributed by atoms with Crippen molar-refractivity contribution < 1.29 is 39.1 Å². The molecular formula is C26H55Cl4N10O8PS. The van der Waals surface area contributed by atoms with Crippen molar-refractivity contribution in [2.75, 3.05) is 44.0 Å². The fourth-order valence-electron chi connectivity index (χ4n) is 3.78. The maximum absolute atomic E-state index is 14.0. The normalized spacial score (nSPS) is 14.6. The molecule has 0 aromatic carbocycles. The molecule has 13 N–H and O–H groups in total. The van der Waals surface area contributed by atoms with Gasteiger partial charge in [-0.25, -0.2) is 15.0 Å². The van der Waals surface area contributed by atoms with Crippen molar-refractivity contribution in [3.8, 4) is 0 Å². The molecule has 0 aliphatic carbocycles. The van der Waals surface area contributed by atoms with E-state index in [9.17, 15) is 39.1 Å². The average Bonchev–Trinajstić information content (AvgIpc) is 2.94. The summed E-state index contributed by atoms with van der Waals surface area (Å²) < 4.78 is 14.0. The quantitative estimate of drug-likeness (QED) is 0.0241. The van der Waals surface area contributed by atoms with Gasteiger partial charge in [-0.2, -0.15) is 11.8 Å². The molecular weight excluding hydrogens is 785 g/mol. The lowest BCUT2D eigenvalue weighted by molar-refractivity contribution is -0.141. The number of amides is 1. The monoisotopic (exact) mass is 838 g/mol. The first-order valence-corrected chi connectivity index (χ1v) is 17.8. The van der Waals surface area contributed by atoms with E-state index in [2.05, 4.69) is 35.8 Å². The zero-order valence-electron chi connectivity index (χ0n) is 28.4. The van der Waals surface area contributed by atoms with Crippen LogP contribution in [0.5, 0.6) is 0 Å². The summed E-state index contributed by atoms with van der Waals surface area (Å²) >= 11 is 1.26. The number of nitrogens with zero attached hydrogens (tertiary/aromatic N) is 3. The molecule has 24 heteroatoms. The second kappa shape index (κ2) is 32.8. The Hall–Kier alpha value is -2.09. The van der Waals surface area contributed by atoms with Crippen LogP contribution in [0.4, 0.5) is 0 Å². The summed E-state index contributed by atoms with van der Waals surface area (Å²) in [5, 5.41) is 39.3. The van der Waals surface area contributed by atoms with Crippen molar-refractivity contribution in [3.63, 3.8) is 0 Å². The highest BCUT2D eigenvalue weighted by atomic mass is 35.5. The summed E-state index contributed by atoms with van der Waals surface area (Å²) in [6, 6.07) is -3.83. The number of unbranched alkanes of at least 4 members (excludes halogenated alkanes) is 2. The lowest BCUT2D eigenvalue weighted by Crippen LogP contribution is -2.48. The molecule has 50 heavy (non-hydrogen) atoms. The first kappa shape index (κ1) is 57.3. The average molecular weight is 841 g/mol. The molecule has 1 amide bonds. The van der Waals surface area contributed by atoms with E-state index in [0.717, 1.165) is 0 Å². The summed E-state index contributed by atoms with van der Waals surface area (Å²) in [6.07, 6.45) is 1.43. The minimum Gasteiger partial charge on any atom is -0.480 e. The van der Waals surface area contributed by atoms with Crippen molar-refractivity contribution in [2.45, 2.75) is 77.4 Å². The number of rotatable bonds is 27. The van der Waals surface area contributed by atoms with Gasteiger partial charge in [-0.3, -0.25) is 39.2 Å². The van der Waals surface area contributed by atoms with Gasteiger partial charge >= 0.3 is 17.9 Å². The standard InChI is InChI=1S/C26H51N10O8PS.4ClH/c1-17(27)31-10-6-4-8-20(24(38)39)35-45(44,36-21(25(40)41)9-5-7-11-32-18(2)28)16-30-14-23(37)34-22(26(42)43)15-46-13-12-33-19(3)29;;;;/h20-22,30H,4-16H2,1-3H3,(H2,27,31)(H2,28,32)(H2,29,33)(H,34,37)(H,38,39)(H,40,41)(H,42,43)(H2,35,36,44);4*1H. The summed E-state index contributed by atoms with van der Waals surface area (Å²) in [4.78, 5) is 60.4. The molecule has 18 nitrogen and oxygen atoms in total. The molecule has 0 aliphatic heterocycles. The minimum absolute atomic E-state index is 0. The van der Waals surface area contributed by atoms with Crippen LogP contribution in [0.1, 0.15) is 59.3 Å². The topological polar surface area (TPSA) is 309 Å². The first-order chi connectivity index (χ1) is 21.6. The van der Waals surface area contributed by atoms with Crippen molar-refractivity contribution in [3.05, 3.63) is 0 Å². The highest BCUT2D eigenvalue weighted by Crippen LogP contribution is 2.37. The summed E-state index contributed by atoms with van der Waals surface area (Å²) in [7, 11) is -4.02.